The Kier molecular flexibility index (Phi) is 10.7. The fourth-order valence-corrected chi connectivity index (χ4v) is 7.10. The van der Waals surface area contributed by atoms with Gasteiger partial charge in [-0.2, -0.15) is 0 Å². The molecule has 4 aromatic heterocycles. The number of imidazole rings is 2. The third kappa shape index (κ3) is 6.82. The lowest BCUT2D eigenvalue weighted by molar-refractivity contribution is 0.0759. The summed E-state index contributed by atoms with van der Waals surface area (Å²) in [6.45, 7) is 15.7. The normalized spacial score (nSPS) is 11.5. The van der Waals surface area contributed by atoms with Gasteiger partial charge in [0.15, 0.2) is 0 Å². The Morgan fingerprint density at radius 3 is 1.33 bits per heavy atom. The van der Waals surface area contributed by atoms with Crippen molar-refractivity contribution in [3.05, 3.63) is 93.5 Å². The van der Waals surface area contributed by atoms with Gasteiger partial charge in [-0.3, -0.25) is 19.6 Å². The molecule has 2 amide bonds. The number of nitrogens with zero attached hydrogens (tertiary/aromatic N) is 8. The molecule has 0 aliphatic rings. The molecule has 2 aromatic carbocycles. The number of aryl methyl sites for hydroxylation is 2. The van der Waals surface area contributed by atoms with Crippen molar-refractivity contribution in [2.24, 2.45) is 0 Å². The number of carbonyl (C=O) groups is 2. The van der Waals surface area contributed by atoms with Gasteiger partial charge in [0.2, 0.25) is 0 Å². The predicted octanol–water partition coefficient (Wildman–Crippen LogP) is 8.41. The molecule has 0 saturated carbocycles. The number of amides is 2. The average molecular weight is 726 g/mol. The van der Waals surface area contributed by atoms with Crippen LogP contribution in [-0.4, -0.2) is 76.9 Å². The molecule has 0 N–H and O–H groups in total. The van der Waals surface area contributed by atoms with Gasteiger partial charge in [0.1, 0.15) is 23.0 Å². The zero-order valence-electron chi connectivity index (χ0n) is 29.9. The van der Waals surface area contributed by atoms with Crippen molar-refractivity contribution < 1.29 is 9.59 Å². The molecule has 6 aromatic rings. The van der Waals surface area contributed by atoms with E-state index in [-0.39, 0.29) is 11.8 Å². The molecular weight excluding hydrogens is 683 g/mol. The van der Waals surface area contributed by atoms with Crippen LogP contribution < -0.4 is 0 Å². The minimum absolute atomic E-state index is 0.142. The van der Waals surface area contributed by atoms with Gasteiger partial charge in [0, 0.05) is 51.7 Å². The SMILES string of the molecule is CCN(CC)C(=O)c1cc(Cl)c(-c2nc3cc(Cc4ccc5c(c4)nc(-c4cnc(C(=O)N(CC)CC)cc4Cl)n5CC)ccc3n2CC)cn1. The van der Waals surface area contributed by atoms with Crippen LogP contribution in [0.4, 0.5) is 0 Å². The summed E-state index contributed by atoms with van der Waals surface area (Å²) in [5.74, 6) is 1.14. The van der Waals surface area contributed by atoms with Crippen LogP contribution in [0.25, 0.3) is 44.8 Å². The zero-order chi connectivity index (χ0) is 36.4. The maximum atomic E-state index is 12.9. The van der Waals surface area contributed by atoms with Crippen LogP contribution in [-0.2, 0) is 19.5 Å². The molecule has 6 rings (SSSR count). The molecule has 0 spiro atoms. The smallest absolute Gasteiger partial charge is 0.272 e. The van der Waals surface area contributed by atoms with Gasteiger partial charge in [0.05, 0.1) is 43.2 Å². The van der Waals surface area contributed by atoms with E-state index >= 15 is 0 Å². The van der Waals surface area contributed by atoms with Crippen LogP contribution in [0.3, 0.4) is 0 Å². The van der Waals surface area contributed by atoms with Crippen LogP contribution >= 0.6 is 23.2 Å². The van der Waals surface area contributed by atoms with E-state index in [1.54, 1.807) is 34.3 Å². The van der Waals surface area contributed by atoms with Crippen LogP contribution in [0.2, 0.25) is 10.0 Å². The minimum Gasteiger partial charge on any atom is -0.338 e. The van der Waals surface area contributed by atoms with Crippen molar-refractivity contribution in [3.63, 3.8) is 0 Å². The van der Waals surface area contributed by atoms with E-state index in [2.05, 4.69) is 69.3 Å². The molecule has 51 heavy (non-hydrogen) atoms. The summed E-state index contributed by atoms with van der Waals surface area (Å²) in [6, 6.07) is 15.9. The van der Waals surface area contributed by atoms with Gasteiger partial charge >= 0.3 is 0 Å². The van der Waals surface area contributed by atoms with Gasteiger partial charge in [-0.15, -0.1) is 0 Å². The van der Waals surface area contributed by atoms with Crippen LogP contribution in [0.15, 0.2) is 60.9 Å². The lowest BCUT2D eigenvalue weighted by Gasteiger charge is -2.18. The van der Waals surface area contributed by atoms with Crippen LogP contribution in [0.5, 0.6) is 0 Å². The molecule has 0 aliphatic carbocycles. The minimum atomic E-state index is -0.142. The molecular formula is C39H42Cl2N8O2. The number of hydrogen-bond donors (Lipinski definition) is 0. The highest BCUT2D eigenvalue weighted by Gasteiger charge is 2.21. The van der Waals surface area contributed by atoms with Gasteiger partial charge in [0.25, 0.3) is 11.8 Å². The molecule has 10 nitrogen and oxygen atoms in total. The van der Waals surface area contributed by atoms with Crippen molar-refractivity contribution in [1.29, 1.82) is 0 Å². The predicted molar refractivity (Wildman–Crippen MR) is 205 cm³/mol. The van der Waals surface area contributed by atoms with E-state index in [0.29, 0.717) is 89.9 Å². The van der Waals surface area contributed by atoms with E-state index in [9.17, 15) is 9.59 Å². The van der Waals surface area contributed by atoms with Crippen molar-refractivity contribution in [3.8, 4) is 22.8 Å². The third-order valence-corrected chi connectivity index (χ3v) is 10.0. The molecule has 0 radical (unpaired) electrons. The first-order valence-electron chi connectivity index (χ1n) is 17.5. The standard InChI is InChI=1S/C39H42Cl2N8O2/c1-7-46(8-2)38(50)32-20-28(40)26(22-42-32)36-44-30-18-24(13-15-34(30)48(36)11-5)17-25-14-16-35-31(19-25)45-37(49(35)12-6)27-23-43-33(21-29(27)41)39(51)47(9-3)10-4/h13-16,18-23H,7-12,17H2,1-6H3. The first-order valence-corrected chi connectivity index (χ1v) is 18.3. The summed E-state index contributed by atoms with van der Waals surface area (Å²) >= 11 is 13.5. The number of rotatable bonds is 12. The molecule has 4 heterocycles. The molecule has 0 bridgehead atoms. The summed E-state index contributed by atoms with van der Waals surface area (Å²) in [7, 11) is 0. The summed E-state index contributed by atoms with van der Waals surface area (Å²) in [5, 5.41) is 0.872. The van der Waals surface area contributed by atoms with Crippen molar-refractivity contribution in [1.82, 2.24) is 38.9 Å². The Bertz CT molecular complexity index is 2090. The van der Waals surface area contributed by atoms with Crippen molar-refractivity contribution in [2.45, 2.75) is 61.1 Å². The second-order valence-electron chi connectivity index (χ2n) is 12.2. The maximum absolute atomic E-state index is 12.9. The highest BCUT2D eigenvalue weighted by atomic mass is 35.5. The second kappa shape index (κ2) is 15.2. The van der Waals surface area contributed by atoms with E-state index < -0.39 is 0 Å². The van der Waals surface area contributed by atoms with Gasteiger partial charge in [-0.1, -0.05) is 35.3 Å². The lowest BCUT2D eigenvalue weighted by Crippen LogP contribution is -2.31. The second-order valence-corrected chi connectivity index (χ2v) is 13.1. The maximum Gasteiger partial charge on any atom is 0.272 e. The molecule has 12 heteroatoms. The first-order chi connectivity index (χ1) is 24.6. The molecule has 264 valence electrons. The fourth-order valence-electron chi connectivity index (χ4n) is 6.63. The Morgan fingerprint density at radius 2 is 1.00 bits per heavy atom. The number of hydrogen-bond acceptors (Lipinski definition) is 6. The topological polar surface area (TPSA) is 102 Å². The number of carbonyl (C=O) groups excluding carboxylic acids is 2. The van der Waals surface area contributed by atoms with Crippen molar-refractivity contribution >= 4 is 57.1 Å². The Balaban J connectivity index is 1.29. The third-order valence-electron chi connectivity index (χ3n) is 9.39. The monoisotopic (exact) mass is 724 g/mol. The number of pyridine rings is 2. The van der Waals surface area contributed by atoms with E-state index in [1.807, 2.05) is 27.7 Å². The van der Waals surface area contributed by atoms with E-state index in [4.69, 9.17) is 33.2 Å². The Hall–Kier alpha value is -4.80. The fraction of sp³-hybridized carbons (Fsp3) is 0.333. The molecule has 0 fully saturated rings. The number of aromatic nitrogens is 6. The van der Waals surface area contributed by atoms with Gasteiger partial charge < -0.3 is 18.9 Å². The summed E-state index contributed by atoms with van der Waals surface area (Å²) < 4.78 is 4.23. The highest BCUT2D eigenvalue weighted by molar-refractivity contribution is 6.34. The molecule has 0 aliphatic heterocycles. The van der Waals surface area contributed by atoms with E-state index in [1.165, 1.54) is 0 Å². The first kappa shape index (κ1) is 36.0. The summed E-state index contributed by atoms with van der Waals surface area (Å²) in [4.78, 5) is 48.1. The van der Waals surface area contributed by atoms with Gasteiger partial charge in [-0.05, 0) is 95.5 Å². The molecule has 0 saturated heterocycles. The number of benzene rings is 2. The summed E-state index contributed by atoms with van der Waals surface area (Å²) in [6.07, 6.45) is 3.98. The Morgan fingerprint density at radius 1 is 0.608 bits per heavy atom. The van der Waals surface area contributed by atoms with Crippen LogP contribution in [0.1, 0.15) is 73.6 Å². The highest BCUT2D eigenvalue weighted by Crippen LogP contribution is 2.33. The Labute approximate surface area is 308 Å². The number of halogens is 2. The molecule has 0 unspecified atom stereocenters. The number of fused-ring (bicyclic) bond motifs is 2. The largest absolute Gasteiger partial charge is 0.338 e. The van der Waals surface area contributed by atoms with E-state index in [0.717, 1.165) is 33.2 Å². The van der Waals surface area contributed by atoms with Gasteiger partial charge in [-0.25, -0.2) is 9.97 Å². The van der Waals surface area contributed by atoms with Crippen LogP contribution in [0, 0.1) is 0 Å². The summed E-state index contributed by atoms with van der Waals surface area (Å²) in [5.41, 5.74) is 7.91. The average Bonchev–Trinajstić information content (AvgIpc) is 3.69. The molecule has 0 atom stereocenters. The lowest BCUT2D eigenvalue weighted by atomic mass is 10.0. The zero-order valence-corrected chi connectivity index (χ0v) is 31.4. The van der Waals surface area contributed by atoms with Crippen molar-refractivity contribution in [2.75, 3.05) is 26.2 Å². The quantitative estimate of drug-likeness (QED) is 0.126.